The van der Waals surface area contributed by atoms with E-state index in [9.17, 15) is 4.79 Å². The van der Waals surface area contributed by atoms with Crippen LogP contribution in [0, 0.1) is 0 Å². The number of halogens is 1. The predicted molar refractivity (Wildman–Crippen MR) is 83.5 cm³/mol. The molecular formula is C15H12BrN3O. The number of benzene rings is 1. The van der Waals surface area contributed by atoms with E-state index in [4.69, 9.17) is 0 Å². The first-order valence-electron chi connectivity index (χ1n) is 5.91. The highest BCUT2D eigenvalue weighted by Crippen LogP contribution is 2.09. The topological polar surface area (TPSA) is 54.4 Å². The van der Waals surface area contributed by atoms with E-state index in [0.717, 1.165) is 10.0 Å². The Balaban J connectivity index is 1.94. The van der Waals surface area contributed by atoms with Crippen molar-refractivity contribution in [3.63, 3.8) is 0 Å². The van der Waals surface area contributed by atoms with E-state index < -0.39 is 0 Å². The lowest BCUT2D eigenvalue weighted by Gasteiger charge is -1.98. The summed E-state index contributed by atoms with van der Waals surface area (Å²) >= 11 is 3.37. The fourth-order valence-corrected chi connectivity index (χ4v) is 1.83. The van der Waals surface area contributed by atoms with Gasteiger partial charge in [-0.2, -0.15) is 5.10 Å². The van der Waals surface area contributed by atoms with E-state index in [-0.39, 0.29) is 5.91 Å². The molecule has 0 unspecified atom stereocenters. The van der Waals surface area contributed by atoms with Crippen LogP contribution in [0.15, 0.2) is 64.4 Å². The summed E-state index contributed by atoms with van der Waals surface area (Å²) in [4.78, 5) is 15.6. The molecule has 0 spiro atoms. The van der Waals surface area contributed by atoms with Crippen LogP contribution in [-0.4, -0.2) is 17.1 Å². The van der Waals surface area contributed by atoms with E-state index in [1.165, 1.54) is 12.4 Å². The third kappa shape index (κ3) is 4.44. The Morgan fingerprint density at radius 3 is 2.70 bits per heavy atom. The van der Waals surface area contributed by atoms with E-state index in [2.05, 4.69) is 31.4 Å². The molecule has 0 aliphatic carbocycles. The van der Waals surface area contributed by atoms with Gasteiger partial charge in [0.15, 0.2) is 0 Å². The van der Waals surface area contributed by atoms with Crippen molar-refractivity contribution in [2.24, 2.45) is 5.10 Å². The van der Waals surface area contributed by atoms with Crippen molar-refractivity contribution < 1.29 is 4.79 Å². The molecule has 2 rings (SSSR count). The number of carbonyl (C=O) groups is 1. The molecular weight excluding hydrogens is 318 g/mol. The molecule has 1 aromatic heterocycles. The maximum Gasteiger partial charge on any atom is 0.272 e. The number of carbonyl (C=O) groups excluding carboxylic acids is 1. The average Bonchev–Trinajstić information content (AvgIpc) is 2.49. The number of hydrazone groups is 1. The zero-order valence-corrected chi connectivity index (χ0v) is 12.1. The molecule has 4 nitrogen and oxygen atoms in total. The second-order valence-corrected chi connectivity index (χ2v) is 4.80. The molecule has 1 N–H and O–H groups in total. The lowest BCUT2D eigenvalue weighted by molar-refractivity contribution is 0.0955. The zero-order chi connectivity index (χ0) is 14.2. The summed E-state index contributed by atoms with van der Waals surface area (Å²) < 4.78 is 0.759. The normalized spacial score (nSPS) is 11.6. The lowest BCUT2D eigenvalue weighted by atomic mass is 10.2. The summed E-state index contributed by atoms with van der Waals surface area (Å²) in [5.74, 6) is -0.297. The van der Waals surface area contributed by atoms with Crippen LogP contribution in [0.2, 0.25) is 0 Å². The molecule has 1 aromatic carbocycles. The van der Waals surface area contributed by atoms with Gasteiger partial charge in [0.2, 0.25) is 0 Å². The molecule has 20 heavy (non-hydrogen) atoms. The van der Waals surface area contributed by atoms with Crippen LogP contribution in [0.4, 0.5) is 0 Å². The minimum Gasteiger partial charge on any atom is -0.267 e. The molecule has 2 aromatic rings. The maximum atomic E-state index is 11.7. The van der Waals surface area contributed by atoms with Gasteiger partial charge in [-0.15, -0.1) is 0 Å². The van der Waals surface area contributed by atoms with Crippen molar-refractivity contribution in [3.05, 3.63) is 70.5 Å². The summed E-state index contributed by atoms with van der Waals surface area (Å²) in [5.41, 5.74) is 3.95. The molecule has 1 heterocycles. The van der Waals surface area contributed by atoms with Crippen LogP contribution >= 0.6 is 15.9 Å². The van der Waals surface area contributed by atoms with Gasteiger partial charge < -0.3 is 0 Å². The van der Waals surface area contributed by atoms with Gasteiger partial charge in [0.25, 0.3) is 5.91 Å². The van der Waals surface area contributed by atoms with Crippen LogP contribution in [-0.2, 0) is 0 Å². The molecule has 1 amide bonds. The Morgan fingerprint density at radius 1 is 1.20 bits per heavy atom. The van der Waals surface area contributed by atoms with E-state index in [1.807, 2.05) is 36.4 Å². The fraction of sp³-hybridized carbons (Fsp3) is 0. The van der Waals surface area contributed by atoms with Crippen molar-refractivity contribution in [2.75, 3.05) is 0 Å². The molecule has 0 saturated heterocycles. The molecule has 0 aliphatic heterocycles. The summed E-state index contributed by atoms with van der Waals surface area (Å²) in [6.07, 6.45) is 6.53. The van der Waals surface area contributed by atoms with Gasteiger partial charge in [-0.05, 0) is 39.7 Å². The molecule has 0 aliphatic rings. The molecule has 0 atom stereocenters. The summed E-state index contributed by atoms with van der Waals surface area (Å²) in [5, 5.41) is 3.88. The zero-order valence-electron chi connectivity index (χ0n) is 10.5. The molecule has 0 fully saturated rings. The Bertz CT molecular complexity index is 624. The van der Waals surface area contributed by atoms with Crippen molar-refractivity contribution >= 4 is 34.1 Å². The summed E-state index contributed by atoms with van der Waals surface area (Å²) in [6, 6.07) is 13.2. The van der Waals surface area contributed by atoms with Crippen LogP contribution in [0.3, 0.4) is 0 Å². The highest BCUT2D eigenvalue weighted by molar-refractivity contribution is 9.12. The van der Waals surface area contributed by atoms with Gasteiger partial charge in [0.1, 0.15) is 0 Å². The number of hydrogen-bond donors (Lipinski definition) is 1. The third-order valence-corrected chi connectivity index (χ3v) is 2.82. The van der Waals surface area contributed by atoms with Crippen LogP contribution in [0.1, 0.15) is 15.9 Å². The number of rotatable bonds is 4. The minimum atomic E-state index is -0.297. The smallest absolute Gasteiger partial charge is 0.267 e. The van der Waals surface area contributed by atoms with Gasteiger partial charge in [-0.1, -0.05) is 30.3 Å². The number of pyridine rings is 1. The predicted octanol–water partition coefficient (Wildman–Crippen LogP) is 3.23. The monoisotopic (exact) mass is 329 g/mol. The van der Waals surface area contributed by atoms with Crippen molar-refractivity contribution in [1.29, 1.82) is 0 Å². The van der Waals surface area contributed by atoms with Crippen LogP contribution < -0.4 is 5.43 Å². The summed E-state index contributed by atoms with van der Waals surface area (Å²) in [6.45, 7) is 0. The average molecular weight is 330 g/mol. The second-order valence-electron chi connectivity index (χ2n) is 3.88. The van der Waals surface area contributed by atoms with Crippen molar-refractivity contribution in [3.8, 4) is 0 Å². The first kappa shape index (κ1) is 14.1. The number of nitrogens with zero attached hydrogens (tertiary/aromatic N) is 2. The van der Waals surface area contributed by atoms with Gasteiger partial charge in [-0.25, -0.2) is 5.43 Å². The lowest BCUT2D eigenvalue weighted by Crippen LogP contribution is -2.17. The minimum absolute atomic E-state index is 0.297. The van der Waals surface area contributed by atoms with E-state index in [0.29, 0.717) is 5.56 Å². The standard InChI is InChI=1S/C15H12BrN3O/c16-14(9-12-5-2-1-3-6-12)11-18-19-15(20)13-7-4-8-17-10-13/h1-11H,(H,19,20)/b14-9+,18-11?. The number of hydrogen-bond acceptors (Lipinski definition) is 3. The molecule has 100 valence electrons. The van der Waals surface area contributed by atoms with E-state index in [1.54, 1.807) is 18.3 Å². The first-order chi connectivity index (χ1) is 9.75. The molecule has 0 radical (unpaired) electrons. The van der Waals surface area contributed by atoms with Gasteiger partial charge in [0.05, 0.1) is 11.8 Å². The van der Waals surface area contributed by atoms with Crippen molar-refractivity contribution in [1.82, 2.24) is 10.4 Å². The fourth-order valence-electron chi connectivity index (χ4n) is 1.46. The Labute approximate surface area is 125 Å². The number of allylic oxidation sites excluding steroid dienone is 1. The van der Waals surface area contributed by atoms with Crippen LogP contribution in [0.5, 0.6) is 0 Å². The Morgan fingerprint density at radius 2 is 2.00 bits per heavy atom. The molecule has 5 heteroatoms. The molecule has 0 bridgehead atoms. The van der Waals surface area contributed by atoms with E-state index >= 15 is 0 Å². The van der Waals surface area contributed by atoms with Gasteiger partial charge >= 0.3 is 0 Å². The van der Waals surface area contributed by atoms with Gasteiger partial charge in [-0.3, -0.25) is 9.78 Å². The highest BCUT2D eigenvalue weighted by atomic mass is 79.9. The quantitative estimate of drug-likeness (QED) is 0.691. The SMILES string of the molecule is O=C(NN=C/C(Br)=C\c1ccccc1)c1cccnc1. The van der Waals surface area contributed by atoms with Crippen molar-refractivity contribution in [2.45, 2.75) is 0 Å². The number of nitrogens with one attached hydrogen (secondary N) is 1. The largest absolute Gasteiger partial charge is 0.272 e. The number of aromatic nitrogens is 1. The summed E-state index contributed by atoms with van der Waals surface area (Å²) in [7, 11) is 0. The third-order valence-electron chi connectivity index (χ3n) is 2.38. The Kier molecular flexibility index (Phi) is 5.20. The highest BCUT2D eigenvalue weighted by Gasteiger charge is 2.02. The van der Waals surface area contributed by atoms with Gasteiger partial charge in [0, 0.05) is 16.9 Å². The first-order valence-corrected chi connectivity index (χ1v) is 6.71. The second kappa shape index (κ2) is 7.35. The maximum absolute atomic E-state index is 11.7. The molecule has 0 saturated carbocycles. The Hall–Kier alpha value is -2.27. The van der Waals surface area contributed by atoms with Crippen LogP contribution in [0.25, 0.3) is 6.08 Å². The number of amides is 1.